The molecule has 0 radical (unpaired) electrons. The van der Waals surface area contributed by atoms with Gasteiger partial charge < -0.3 is 14.2 Å². The second-order valence-electron chi connectivity index (χ2n) is 7.59. The van der Waals surface area contributed by atoms with E-state index >= 15 is 8.78 Å². The Morgan fingerprint density at radius 3 is 2.42 bits per heavy atom. The quantitative estimate of drug-likeness (QED) is 0.239. The third kappa shape index (κ3) is 5.43. The maximum absolute atomic E-state index is 15.0. The number of hydrogen-bond acceptors (Lipinski definition) is 6. The molecule has 0 unspecified atom stereocenters. The number of benzene rings is 2. The normalized spacial score (nSPS) is 12.1. The van der Waals surface area contributed by atoms with Crippen LogP contribution < -0.4 is 4.74 Å². The van der Waals surface area contributed by atoms with Gasteiger partial charge in [0.05, 0.1) is 12.8 Å². The molecule has 0 saturated heterocycles. The highest BCUT2D eigenvalue weighted by atomic mass is 19.4. The minimum atomic E-state index is -4.89. The van der Waals surface area contributed by atoms with E-state index in [0.29, 0.717) is 11.1 Å². The van der Waals surface area contributed by atoms with E-state index in [1.807, 2.05) is 0 Å². The third-order valence-electron chi connectivity index (χ3n) is 5.05. The zero-order valence-corrected chi connectivity index (χ0v) is 18.6. The van der Waals surface area contributed by atoms with Gasteiger partial charge in [0.2, 0.25) is 0 Å². The summed E-state index contributed by atoms with van der Waals surface area (Å²) in [7, 11) is 1.35. The number of halogens is 5. The average molecular weight is 507 g/mol. The van der Waals surface area contributed by atoms with Gasteiger partial charge in [-0.25, -0.2) is 14.8 Å². The van der Waals surface area contributed by atoms with Crippen LogP contribution in [-0.4, -0.2) is 33.8 Å². The first-order valence-electron chi connectivity index (χ1n) is 10.4. The molecule has 2 aromatic carbocycles. The number of imidazole rings is 1. The number of hydrogen-bond donors (Lipinski definition) is 0. The molecule has 0 fully saturated rings. The number of fused-ring (bicyclic) bond motifs is 1. The van der Waals surface area contributed by atoms with Crippen molar-refractivity contribution in [2.75, 3.05) is 7.11 Å². The van der Waals surface area contributed by atoms with Gasteiger partial charge in [-0.05, 0) is 28.8 Å². The Balaban J connectivity index is 1.66. The smallest absolute Gasteiger partial charge is 0.456 e. The largest absolute Gasteiger partial charge is 0.573 e. The van der Waals surface area contributed by atoms with Crippen LogP contribution in [0.15, 0.2) is 67.1 Å². The van der Waals surface area contributed by atoms with Crippen LogP contribution in [0.5, 0.6) is 5.75 Å². The number of carbonyl (C=O) groups excluding carboxylic acids is 1. The lowest BCUT2D eigenvalue weighted by Gasteiger charge is -2.16. The van der Waals surface area contributed by atoms with E-state index in [4.69, 9.17) is 9.47 Å². The molecule has 7 nitrogen and oxygen atoms in total. The van der Waals surface area contributed by atoms with Crippen molar-refractivity contribution < 1.29 is 41.0 Å². The van der Waals surface area contributed by atoms with Gasteiger partial charge in [-0.1, -0.05) is 36.4 Å². The molecule has 0 N–H and O–H groups in total. The lowest BCUT2D eigenvalue weighted by molar-refractivity contribution is -0.274. The van der Waals surface area contributed by atoms with Crippen molar-refractivity contribution in [2.45, 2.75) is 25.5 Å². The molecule has 2 heterocycles. The van der Waals surface area contributed by atoms with Crippen LogP contribution in [0.3, 0.4) is 0 Å². The lowest BCUT2D eigenvalue weighted by Crippen LogP contribution is -2.30. The summed E-state index contributed by atoms with van der Waals surface area (Å²) >= 11 is 0. The van der Waals surface area contributed by atoms with E-state index in [9.17, 15) is 18.0 Å². The highest BCUT2D eigenvalue weighted by molar-refractivity contribution is 5.79. The molecule has 0 saturated carbocycles. The van der Waals surface area contributed by atoms with Gasteiger partial charge >= 0.3 is 18.3 Å². The summed E-state index contributed by atoms with van der Waals surface area (Å²) < 4.78 is 82.6. The second-order valence-corrected chi connectivity index (χ2v) is 7.59. The summed E-state index contributed by atoms with van der Waals surface area (Å²) in [4.78, 5) is 20.0. The van der Waals surface area contributed by atoms with Crippen molar-refractivity contribution in [3.05, 3.63) is 84.1 Å². The number of aromatic nitrogens is 3. The van der Waals surface area contributed by atoms with Crippen molar-refractivity contribution in [2.24, 2.45) is 0 Å². The molecule has 0 amide bonds. The zero-order valence-electron chi connectivity index (χ0n) is 18.6. The Hall–Kier alpha value is -4.06. The lowest BCUT2D eigenvalue weighted by atomic mass is 10.0. The van der Waals surface area contributed by atoms with E-state index in [0.717, 1.165) is 22.7 Å². The van der Waals surface area contributed by atoms with Crippen molar-refractivity contribution in [1.82, 2.24) is 14.4 Å². The Morgan fingerprint density at radius 1 is 0.972 bits per heavy atom. The van der Waals surface area contributed by atoms with E-state index in [-0.39, 0.29) is 30.0 Å². The molecule has 0 aliphatic heterocycles. The predicted molar refractivity (Wildman–Crippen MR) is 116 cm³/mol. The molecular formula is C24H18F5N3O4. The van der Waals surface area contributed by atoms with Gasteiger partial charge in [-0.2, -0.15) is 8.78 Å². The summed E-state index contributed by atoms with van der Waals surface area (Å²) in [6.07, 6.45) is -1.24. The topological polar surface area (TPSA) is 75.0 Å². The Bertz CT molecular complexity index is 1370. The number of alkyl halides is 5. The third-order valence-corrected chi connectivity index (χ3v) is 5.05. The standard InChI is InChI=1S/C24H18F5N3O4/c1-34-14-16-9-18(36-24(27,28)29)7-8-19(16)17-10-30-20-11-31-21(32(20)12-17)23(25,26)22(33)35-13-15-5-3-2-4-6-15/h2-12H,13-14H2,1H3. The van der Waals surface area contributed by atoms with Crippen LogP contribution in [0.25, 0.3) is 16.8 Å². The van der Waals surface area contributed by atoms with Crippen molar-refractivity contribution in [3.63, 3.8) is 0 Å². The number of ether oxygens (including phenoxy) is 3. The molecule has 0 spiro atoms. The monoisotopic (exact) mass is 507 g/mol. The number of nitrogens with zero attached hydrogens (tertiary/aromatic N) is 3. The van der Waals surface area contributed by atoms with E-state index in [1.54, 1.807) is 30.3 Å². The first-order chi connectivity index (χ1) is 17.1. The van der Waals surface area contributed by atoms with Crippen LogP contribution in [0.1, 0.15) is 17.0 Å². The zero-order chi connectivity index (χ0) is 25.9. The minimum Gasteiger partial charge on any atom is -0.456 e. The maximum atomic E-state index is 15.0. The number of esters is 1. The molecule has 12 heteroatoms. The summed E-state index contributed by atoms with van der Waals surface area (Å²) in [5.74, 6) is -7.29. The fourth-order valence-corrected chi connectivity index (χ4v) is 3.48. The van der Waals surface area contributed by atoms with Gasteiger partial charge in [0.15, 0.2) is 11.5 Å². The summed E-state index contributed by atoms with van der Waals surface area (Å²) in [5.41, 5.74) is 1.46. The fourth-order valence-electron chi connectivity index (χ4n) is 3.48. The van der Waals surface area contributed by atoms with Crippen molar-refractivity contribution in [1.29, 1.82) is 0 Å². The molecule has 0 bridgehead atoms. The maximum Gasteiger partial charge on any atom is 0.573 e. The minimum absolute atomic E-state index is 0.0228. The van der Waals surface area contributed by atoms with Gasteiger partial charge in [-0.3, -0.25) is 4.40 Å². The fraction of sp³-hybridized carbons (Fsp3) is 0.208. The highest BCUT2D eigenvalue weighted by Crippen LogP contribution is 2.33. The Labute approximate surface area is 201 Å². The SMILES string of the molecule is COCc1cc(OC(F)(F)F)ccc1-c1cnc2cnc(C(F)(F)C(=O)OCc3ccccc3)n2c1. The molecule has 0 atom stereocenters. The van der Waals surface area contributed by atoms with Crippen molar-refractivity contribution >= 4 is 11.6 Å². The van der Waals surface area contributed by atoms with Crippen LogP contribution in [0.4, 0.5) is 22.0 Å². The molecule has 0 aliphatic rings. The van der Waals surface area contributed by atoms with Crippen LogP contribution in [0, 0.1) is 0 Å². The number of rotatable bonds is 8. The van der Waals surface area contributed by atoms with E-state index in [2.05, 4.69) is 14.7 Å². The van der Waals surface area contributed by atoms with E-state index < -0.39 is 29.8 Å². The van der Waals surface area contributed by atoms with Crippen LogP contribution >= 0.6 is 0 Å². The Kier molecular flexibility index (Phi) is 6.88. The molecule has 2 aromatic heterocycles. The van der Waals surface area contributed by atoms with Crippen LogP contribution in [0.2, 0.25) is 0 Å². The number of methoxy groups -OCH3 is 1. The van der Waals surface area contributed by atoms with Crippen LogP contribution in [-0.2, 0) is 33.4 Å². The van der Waals surface area contributed by atoms with E-state index in [1.165, 1.54) is 25.6 Å². The molecule has 4 aromatic rings. The highest BCUT2D eigenvalue weighted by Gasteiger charge is 2.47. The average Bonchev–Trinajstić information content (AvgIpc) is 3.27. The van der Waals surface area contributed by atoms with Crippen molar-refractivity contribution in [3.8, 4) is 16.9 Å². The Morgan fingerprint density at radius 2 is 1.72 bits per heavy atom. The summed E-state index contributed by atoms with van der Waals surface area (Å²) in [6.45, 7) is -0.448. The first kappa shape index (κ1) is 25.0. The molecule has 36 heavy (non-hydrogen) atoms. The van der Waals surface area contributed by atoms with Gasteiger partial charge in [0.25, 0.3) is 0 Å². The van der Waals surface area contributed by atoms with Gasteiger partial charge in [0, 0.05) is 25.1 Å². The molecule has 188 valence electrons. The predicted octanol–water partition coefficient (Wildman–Crippen LogP) is 5.28. The number of carbonyl (C=O) groups is 1. The molecule has 0 aliphatic carbocycles. The summed E-state index contributed by atoms with van der Waals surface area (Å²) in [6, 6.07) is 11.9. The van der Waals surface area contributed by atoms with Gasteiger partial charge in [-0.15, -0.1) is 13.2 Å². The molecule has 4 rings (SSSR count). The van der Waals surface area contributed by atoms with Gasteiger partial charge in [0.1, 0.15) is 12.4 Å². The molecular weight excluding hydrogens is 489 g/mol. The first-order valence-corrected chi connectivity index (χ1v) is 10.4. The second kappa shape index (κ2) is 9.90. The summed E-state index contributed by atoms with van der Waals surface area (Å²) in [5, 5.41) is 0.